The maximum atomic E-state index is 7.12. The zero-order valence-corrected chi connectivity index (χ0v) is 9.26. The zero-order valence-electron chi connectivity index (χ0n) is 9.26. The van der Waals surface area contributed by atoms with Crippen LogP contribution in [0.2, 0.25) is 0 Å². The first kappa shape index (κ1) is 10.2. The van der Waals surface area contributed by atoms with Gasteiger partial charge in [-0.2, -0.15) is 0 Å². The number of fused-ring (bicyclic) bond motifs is 1. The zero-order chi connectivity index (χ0) is 11.1. The minimum atomic E-state index is -0.750. The Hall–Kier alpha value is -0.995. The molecule has 0 heterocycles. The van der Waals surface area contributed by atoms with Crippen LogP contribution in [0, 0.1) is 0 Å². The summed E-state index contributed by atoms with van der Waals surface area (Å²) in [6, 6.07) is 8.69. The van der Waals surface area contributed by atoms with Crippen LogP contribution in [-0.2, 0) is 0 Å². The van der Waals surface area contributed by atoms with Gasteiger partial charge in [-0.05, 0) is 43.4 Å². The molecule has 0 saturated heterocycles. The molecule has 3 nitrogen and oxygen atoms in total. The maximum absolute atomic E-state index is 7.12. The van der Waals surface area contributed by atoms with E-state index in [1.807, 2.05) is 0 Å². The summed E-state index contributed by atoms with van der Waals surface area (Å²) >= 11 is 0. The predicted octanol–water partition coefficient (Wildman–Crippen LogP) is 1.04. The molecular formula is C12H16BNO2. The molecule has 4 heteroatoms. The highest BCUT2D eigenvalue weighted by atomic mass is 16.4. The summed E-state index contributed by atoms with van der Waals surface area (Å²) < 4.78 is 0. The Kier molecular flexibility index (Phi) is 2.41. The molecule has 0 aliphatic heterocycles. The second-order valence-electron chi connectivity index (χ2n) is 4.74. The van der Waals surface area contributed by atoms with Gasteiger partial charge in [0.05, 0.1) is 0 Å². The topological polar surface area (TPSA) is 43.7 Å². The second-order valence-corrected chi connectivity index (χ2v) is 4.74. The molecule has 4 aliphatic carbocycles. The molecule has 0 atom stereocenters. The molecule has 0 aromatic heterocycles. The highest BCUT2D eigenvalue weighted by Crippen LogP contribution is 2.50. The van der Waals surface area contributed by atoms with Crippen molar-refractivity contribution in [2.45, 2.75) is 37.8 Å². The van der Waals surface area contributed by atoms with Crippen molar-refractivity contribution in [3.05, 3.63) is 18.2 Å². The smallest absolute Gasteiger partial charge is 0.430 e. The molecule has 0 bridgehead atoms. The van der Waals surface area contributed by atoms with Gasteiger partial charge in [0, 0.05) is 23.3 Å². The lowest BCUT2D eigenvalue weighted by Crippen LogP contribution is -2.27. The molecule has 0 radical (unpaired) electrons. The van der Waals surface area contributed by atoms with E-state index in [1.165, 1.54) is 31.2 Å². The molecule has 4 rings (SSSR count). The van der Waals surface area contributed by atoms with Crippen molar-refractivity contribution in [2.24, 2.45) is 0 Å². The Labute approximate surface area is 96.0 Å². The first-order valence-electron chi connectivity index (χ1n) is 5.99. The molecule has 0 unspecified atom stereocenters. The van der Waals surface area contributed by atoms with E-state index >= 15 is 0 Å². The van der Waals surface area contributed by atoms with Gasteiger partial charge in [-0.15, -0.1) is 0 Å². The van der Waals surface area contributed by atoms with E-state index < -0.39 is 7.69 Å². The van der Waals surface area contributed by atoms with Crippen LogP contribution < -0.4 is 4.90 Å². The number of rotatable bonds is 3. The molecular weight excluding hydrogens is 201 g/mol. The van der Waals surface area contributed by atoms with E-state index in [-0.39, 0.29) is 0 Å². The fraction of sp³-hybridized carbons (Fsp3) is 0.500. The van der Waals surface area contributed by atoms with E-state index in [4.69, 9.17) is 10.0 Å². The van der Waals surface area contributed by atoms with E-state index in [0.717, 1.165) is 12.1 Å². The van der Waals surface area contributed by atoms with Gasteiger partial charge in [0.15, 0.2) is 0 Å². The lowest BCUT2D eigenvalue weighted by atomic mass is 10.3. The van der Waals surface area contributed by atoms with Gasteiger partial charge in [0.1, 0.15) is 0 Å². The van der Waals surface area contributed by atoms with Crippen LogP contribution in [0.1, 0.15) is 25.7 Å². The predicted molar refractivity (Wildman–Crippen MR) is 65.5 cm³/mol. The van der Waals surface area contributed by atoms with Gasteiger partial charge in [-0.25, -0.2) is 0 Å². The lowest BCUT2D eigenvalue weighted by Gasteiger charge is -2.23. The van der Waals surface area contributed by atoms with Crippen LogP contribution in [0.4, 0.5) is 5.69 Å². The molecule has 2 N–H and O–H groups in total. The Morgan fingerprint density at radius 1 is 1.06 bits per heavy atom. The van der Waals surface area contributed by atoms with Crippen molar-refractivity contribution < 1.29 is 10.0 Å². The van der Waals surface area contributed by atoms with Crippen molar-refractivity contribution in [1.29, 1.82) is 0 Å². The Morgan fingerprint density at radius 3 is 1.94 bits per heavy atom. The highest BCUT2D eigenvalue weighted by Gasteiger charge is 2.41. The summed E-state index contributed by atoms with van der Waals surface area (Å²) in [5.41, 5.74) is 4.57. The van der Waals surface area contributed by atoms with Crippen LogP contribution in [0.3, 0.4) is 0 Å². The normalized spacial score (nSPS) is 19.6. The van der Waals surface area contributed by atoms with Crippen molar-refractivity contribution in [3.8, 4) is 11.1 Å². The number of hydrogen-bond donors (Lipinski definition) is 2. The third-order valence-electron chi connectivity index (χ3n) is 3.38. The van der Waals surface area contributed by atoms with Gasteiger partial charge in [-0.1, -0.05) is 6.07 Å². The van der Waals surface area contributed by atoms with Gasteiger partial charge >= 0.3 is 7.69 Å². The minimum absolute atomic E-state index is 0.750. The molecule has 2 fully saturated rings. The Balaban J connectivity index is 0.000000247. The molecule has 16 heavy (non-hydrogen) atoms. The molecule has 4 aliphatic rings. The van der Waals surface area contributed by atoms with Crippen molar-refractivity contribution in [1.82, 2.24) is 0 Å². The van der Waals surface area contributed by atoms with Gasteiger partial charge in [0.25, 0.3) is 0 Å². The molecule has 0 spiro atoms. The molecule has 0 amide bonds. The lowest BCUT2D eigenvalue weighted by molar-refractivity contribution is 0.448. The monoisotopic (exact) mass is 217 g/mol. The highest BCUT2D eigenvalue weighted by molar-refractivity contribution is 6.13. The molecule has 0 aromatic carbocycles. The molecule has 84 valence electrons. The number of nitrogens with zero attached hydrogens (tertiary/aromatic N) is 1. The summed E-state index contributed by atoms with van der Waals surface area (Å²) in [6.45, 7) is 0. The van der Waals surface area contributed by atoms with E-state index in [2.05, 4.69) is 23.1 Å². The first-order valence-corrected chi connectivity index (χ1v) is 5.99. The minimum Gasteiger partial charge on any atom is -0.430 e. The summed E-state index contributed by atoms with van der Waals surface area (Å²) in [7, 11) is -0.750. The largest absolute Gasteiger partial charge is 0.432 e. The summed E-state index contributed by atoms with van der Waals surface area (Å²) in [5.74, 6) is 0. The fourth-order valence-electron chi connectivity index (χ4n) is 2.36. The van der Waals surface area contributed by atoms with Gasteiger partial charge in [0.2, 0.25) is 0 Å². The average molecular weight is 217 g/mol. The van der Waals surface area contributed by atoms with E-state index in [0.29, 0.717) is 0 Å². The standard InChI is InChI=1S/C12H13N.BH3O2/c1-6-12(11-7-8(1)11)13(9-2-3-9)10-4-5-10;2-1-3/h1,6-7,9-10H,2-5H2;1-3H. The summed E-state index contributed by atoms with van der Waals surface area (Å²) in [6.07, 6.45) is 5.71. The molecule has 2 saturated carbocycles. The van der Waals surface area contributed by atoms with Crippen LogP contribution >= 0.6 is 0 Å². The van der Waals surface area contributed by atoms with Crippen molar-refractivity contribution >= 4 is 13.4 Å². The fourth-order valence-corrected chi connectivity index (χ4v) is 2.36. The molecule has 0 aromatic rings. The van der Waals surface area contributed by atoms with Crippen molar-refractivity contribution in [3.63, 3.8) is 0 Å². The van der Waals surface area contributed by atoms with E-state index in [1.54, 1.807) is 11.3 Å². The van der Waals surface area contributed by atoms with Gasteiger partial charge < -0.3 is 14.9 Å². The number of benzene rings is 1. The Morgan fingerprint density at radius 2 is 1.62 bits per heavy atom. The van der Waals surface area contributed by atoms with E-state index in [9.17, 15) is 0 Å². The van der Waals surface area contributed by atoms with Crippen molar-refractivity contribution in [2.75, 3.05) is 4.90 Å². The Bertz CT molecular complexity index is 390. The number of hydrogen-bond acceptors (Lipinski definition) is 3. The third-order valence-corrected chi connectivity index (χ3v) is 3.38. The van der Waals surface area contributed by atoms with Crippen LogP contribution in [0.5, 0.6) is 0 Å². The average Bonchev–Trinajstić information content (AvgIpc) is 3.08. The summed E-state index contributed by atoms with van der Waals surface area (Å²) in [5, 5.41) is 14.2. The first-order chi connectivity index (χ1) is 7.85. The number of anilines is 1. The SMILES string of the molecule is OBO.c1cc(N(C2CC2)C2CC2)c2cc1-2. The third kappa shape index (κ3) is 1.83. The summed E-state index contributed by atoms with van der Waals surface area (Å²) in [4.78, 5) is 2.70. The second kappa shape index (κ2) is 3.79. The van der Waals surface area contributed by atoms with Crippen LogP contribution in [0.25, 0.3) is 11.1 Å². The van der Waals surface area contributed by atoms with Crippen LogP contribution in [0.15, 0.2) is 18.2 Å². The van der Waals surface area contributed by atoms with Gasteiger partial charge in [-0.3, -0.25) is 0 Å². The quantitative estimate of drug-likeness (QED) is 0.755. The maximum Gasteiger partial charge on any atom is 0.432 e. The van der Waals surface area contributed by atoms with Crippen LogP contribution in [-0.4, -0.2) is 29.8 Å².